The minimum atomic E-state index is 0.589. The number of benzene rings is 1. The summed E-state index contributed by atoms with van der Waals surface area (Å²) in [5.74, 6) is 1.50. The highest BCUT2D eigenvalue weighted by Crippen LogP contribution is 2.14. The minimum Gasteiger partial charge on any atom is -0.497 e. The van der Waals surface area contributed by atoms with Gasteiger partial charge in [0, 0.05) is 0 Å². The van der Waals surface area contributed by atoms with Gasteiger partial charge in [-0.1, -0.05) is 38.1 Å². The Morgan fingerprint density at radius 1 is 1.31 bits per heavy atom. The second-order valence-corrected chi connectivity index (χ2v) is 3.38. The molecule has 0 radical (unpaired) electrons. The van der Waals surface area contributed by atoms with Crippen LogP contribution in [0, 0.1) is 5.92 Å². The fraction of sp³-hybridized carbons (Fsp3) is 0.333. The molecule has 0 aliphatic carbocycles. The summed E-state index contributed by atoms with van der Waals surface area (Å²) in [5.41, 5.74) is 1.19. The molecule has 1 heteroatoms. The Morgan fingerprint density at radius 3 is 2.69 bits per heavy atom. The summed E-state index contributed by atoms with van der Waals surface area (Å²) in [7, 11) is 1.69. The van der Waals surface area contributed by atoms with Crippen molar-refractivity contribution in [3.05, 3.63) is 35.9 Å². The molecule has 0 heterocycles. The van der Waals surface area contributed by atoms with E-state index in [1.165, 1.54) is 5.56 Å². The zero-order valence-corrected chi connectivity index (χ0v) is 8.45. The van der Waals surface area contributed by atoms with Crippen LogP contribution in [0.2, 0.25) is 0 Å². The van der Waals surface area contributed by atoms with E-state index in [-0.39, 0.29) is 0 Å². The van der Waals surface area contributed by atoms with E-state index in [1.54, 1.807) is 7.11 Å². The Morgan fingerprint density at radius 2 is 2.08 bits per heavy atom. The van der Waals surface area contributed by atoms with Gasteiger partial charge in [-0.05, 0) is 23.6 Å². The van der Waals surface area contributed by atoms with Crippen LogP contribution in [0.5, 0.6) is 5.75 Å². The highest BCUT2D eigenvalue weighted by atomic mass is 16.5. The van der Waals surface area contributed by atoms with E-state index >= 15 is 0 Å². The molecule has 0 amide bonds. The third-order valence-electron chi connectivity index (χ3n) is 1.77. The van der Waals surface area contributed by atoms with Crippen molar-refractivity contribution in [2.45, 2.75) is 13.8 Å². The van der Waals surface area contributed by atoms with Crippen LogP contribution in [0.25, 0.3) is 6.08 Å². The molecule has 0 spiro atoms. The zero-order chi connectivity index (χ0) is 9.68. The summed E-state index contributed by atoms with van der Waals surface area (Å²) in [6, 6.07) is 8.05. The summed E-state index contributed by atoms with van der Waals surface area (Å²) in [6.45, 7) is 4.33. The molecule has 1 aromatic carbocycles. The van der Waals surface area contributed by atoms with Gasteiger partial charge in [0.25, 0.3) is 0 Å². The lowest BCUT2D eigenvalue weighted by Gasteiger charge is -2.00. The van der Waals surface area contributed by atoms with Crippen molar-refractivity contribution in [3.63, 3.8) is 0 Å². The molecule has 1 rings (SSSR count). The van der Waals surface area contributed by atoms with Crippen LogP contribution >= 0.6 is 0 Å². The van der Waals surface area contributed by atoms with Crippen molar-refractivity contribution < 1.29 is 4.74 Å². The maximum absolute atomic E-state index is 5.13. The average molecular weight is 176 g/mol. The van der Waals surface area contributed by atoms with Crippen LogP contribution in [0.3, 0.4) is 0 Å². The van der Waals surface area contributed by atoms with Crippen molar-refractivity contribution in [2.75, 3.05) is 7.11 Å². The lowest BCUT2D eigenvalue weighted by atomic mass is 10.1. The van der Waals surface area contributed by atoms with Gasteiger partial charge in [-0.25, -0.2) is 0 Å². The van der Waals surface area contributed by atoms with E-state index in [0.717, 1.165) is 5.75 Å². The second kappa shape index (κ2) is 4.70. The first-order chi connectivity index (χ1) is 6.22. The van der Waals surface area contributed by atoms with Crippen LogP contribution in [-0.4, -0.2) is 7.11 Å². The standard InChI is InChI=1S/C12H16O/c1-10(2)7-8-11-5-4-6-12(9-11)13-3/h4-10H,1-3H3. The number of ether oxygens (including phenoxy) is 1. The van der Waals surface area contributed by atoms with Crippen LogP contribution in [0.1, 0.15) is 19.4 Å². The topological polar surface area (TPSA) is 9.23 Å². The minimum absolute atomic E-state index is 0.589. The van der Waals surface area contributed by atoms with Crippen LogP contribution in [0.15, 0.2) is 30.3 Å². The largest absolute Gasteiger partial charge is 0.497 e. The van der Waals surface area contributed by atoms with Crippen molar-refractivity contribution in [3.8, 4) is 5.75 Å². The van der Waals surface area contributed by atoms with Gasteiger partial charge in [0.2, 0.25) is 0 Å². The van der Waals surface area contributed by atoms with Gasteiger partial charge in [-0.3, -0.25) is 0 Å². The molecule has 0 unspecified atom stereocenters. The predicted molar refractivity (Wildman–Crippen MR) is 56.9 cm³/mol. The fourth-order valence-electron chi connectivity index (χ4n) is 1.05. The van der Waals surface area contributed by atoms with E-state index in [2.05, 4.69) is 32.1 Å². The maximum Gasteiger partial charge on any atom is 0.119 e. The fourth-order valence-corrected chi connectivity index (χ4v) is 1.05. The molecule has 0 aliphatic heterocycles. The summed E-state index contributed by atoms with van der Waals surface area (Å²) >= 11 is 0. The van der Waals surface area contributed by atoms with Gasteiger partial charge in [0.1, 0.15) is 5.75 Å². The number of rotatable bonds is 3. The summed E-state index contributed by atoms with van der Waals surface area (Å²) in [4.78, 5) is 0. The molecule has 0 aliphatic rings. The Bertz CT molecular complexity index is 287. The molecular weight excluding hydrogens is 160 g/mol. The highest BCUT2D eigenvalue weighted by Gasteiger charge is 1.91. The van der Waals surface area contributed by atoms with Crippen molar-refractivity contribution >= 4 is 6.08 Å². The number of hydrogen-bond acceptors (Lipinski definition) is 1. The lowest BCUT2D eigenvalue weighted by molar-refractivity contribution is 0.414. The Hall–Kier alpha value is -1.24. The van der Waals surface area contributed by atoms with E-state index in [9.17, 15) is 0 Å². The molecule has 13 heavy (non-hydrogen) atoms. The van der Waals surface area contributed by atoms with Crippen molar-refractivity contribution in [1.29, 1.82) is 0 Å². The molecule has 70 valence electrons. The van der Waals surface area contributed by atoms with Gasteiger partial charge in [0.15, 0.2) is 0 Å². The zero-order valence-electron chi connectivity index (χ0n) is 8.45. The normalized spacial score (nSPS) is 11.1. The molecule has 1 nitrogen and oxygen atoms in total. The number of methoxy groups -OCH3 is 1. The van der Waals surface area contributed by atoms with Gasteiger partial charge in [-0.15, -0.1) is 0 Å². The number of hydrogen-bond donors (Lipinski definition) is 0. The molecule has 0 N–H and O–H groups in total. The smallest absolute Gasteiger partial charge is 0.119 e. The predicted octanol–water partition coefficient (Wildman–Crippen LogP) is 3.36. The van der Waals surface area contributed by atoms with Gasteiger partial charge >= 0.3 is 0 Å². The van der Waals surface area contributed by atoms with E-state index in [1.807, 2.05) is 18.2 Å². The first-order valence-electron chi connectivity index (χ1n) is 4.54. The molecule has 0 saturated carbocycles. The maximum atomic E-state index is 5.13. The second-order valence-electron chi connectivity index (χ2n) is 3.38. The first-order valence-corrected chi connectivity index (χ1v) is 4.54. The van der Waals surface area contributed by atoms with Gasteiger partial charge < -0.3 is 4.74 Å². The number of allylic oxidation sites excluding steroid dienone is 1. The molecule has 0 atom stereocenters. The summed E-state index contributed by atoms with van der Waals surface area (Å²) in [6.07, 6.45) is 4.29. The lowest BCUT2D eigenvalue weighted by Crippen LogP contribution is -1.83. The molecule has 0 saturated heterocycles. The molecule has 0 bridgehead atoms. The van der Waals surface area contributed by atoms with E-state index < -0.39 is 0 Å². The molecular formula is C12H16O. The quantitative estimate of drug-likeness (QED) is 0.686. The summed E-state index contributed by atoms with van der Waals surface area (Å²) in [5, 5.41) is 0. The Labute approximate surface area is 80.0 Å². The van der Waals surface area contributed by atoms with Gasteiger partial charge in [0.05, 0.1) is 7.11 Å². The molecule has 0 fully saturated rings. The van der Waals surface area contributed by atoms with E-state index in [4.69, 9.17) is 4.74 Å². The van der Waals surface area contributed by atoms with Crippen LogP contribution < -0.4 is 4.74 Å². The van der Waals surface area contributed by atoms with Crippen molar-refractivity contribution in [1.82, 2.24) is 0 Å². The summed E-state index contributed by atoms with van der Waals surface area (Å²) < 4.78 is 5.13. The SMILES string of the molecule is COc1cccc(C=CC(C)C)c1. The molecule has 1 aromatic rings. The van der Waals surface area contributed by atoms with Crippen LogP contribution in [0.4, 0.5) is 0 Å². The van der Waals surface area contributed by atoms with Gasteiger partial charge in [-0.2, -0.15) is 0 Å². The first kappa shape index (κ1) is 9.85. The molecule has 0 aromatic heterocycles. The third-order valence-corrected chi connectivity index (χ3v) is 1.77. The monoisotopic (exact) mass is 176 g/mol. The Kier molecular flexibility index (Phi) is 3.56. The van der Waals surface area contributed by atoms with Crippen LogP contribution in [-0.2, 0) is 0 Å². The highest BCUT2D eigenvalue weighted by molar-refractivity contribution is 5.51. The van der Waals surface area contributed by atoms with Crippen molar-refractivity contribution in [2.24, 2.45) is 5.92 Å². The third kappa shape index (κ3) is 3.32. The van der Waals surface area contributed by atoms with E-state index in [0.29, 0.717) is 5.92 Å². The average Bonchev–Trinajstić information content (AvgIpc) is 2.15. The Balaban J connectivity index is 2.77.